The van der Waals surface area contributed by atoms with Gasteiger partial charge in [-0.15, -0.1) is 0 Å². The molecule has 17 heavy (non-hydrogen) atoms. The van der Waals surface area contributed by atoms with Gasteiger partial charge in [-0.25, -0.2) is 4.39 Å². The minimum absolute atomic E-state index is 0.238. The maximum Gasteiger partial charge on any atom is 0.146 e. The topological polar surface area (TPSA) is 32.7 Å². The monoisotopic (exact) mass is 239 g/mol. The van der Waals surface area contributed by atoms with Crippen molar-refractivity contribution in [3.05, 3.63) is 29.6 Å². The largest absolute Gasteiger partial charge is 0.389 e. The fourth-order valence-electron chi connectivity index (χ4n) is 2.09. The van der Waals surface area contributed by atoms with Crippen molar-refractivity contribution in [2.75, 3.05) is 25.2 Å². The fourth-order valence-corrected chi connectivity index (χ4v) is 2.09. The molecule has 1 saturated heterocycles. The summed E-state index contributed by atoms with van der Waals surface area (Å²) in [5, 5.41) is 9.39. The minimum atomic E-state index is -0.640. The molecule has 1 aromatic rings. The summed E-state index contributed by atoms with van der Waals surface area (Å²) in [7, 11) is 1.87. The predicted molar refractivity (Wildman–Crippen MR) is 64.7 cm³/mol. The lowest BCUT2D eigenvalue weighted by Gasteiger charge is -2.26. The smallest absolute Gasteiger partial charge is 0.146 e. The van der Waals surface area contributed by atoms with Gasteiger partial charge < -0.3 is 14.7 Å². The van der Waals surface area contributed by atoms with Gasteiger partial charge >= 0.3 is 0 Å². The second-order valence-electron chi connectivity index (χ2n) is 4.52. The van der Waals surface area contributed by atoms with Crippen LogP contribution in [-0.4, -0.2) is 31.4 Å². The predicted octanol–water partition coefficient (Wildman–Crippen LogP) is 2.10. The summed E-state index contributed by atoms with van der Waals surface area (Å²) in [5.41, 5.74) is 1.16. The van der Waals surface area contributed by atoms with E-state index in [1.54, 1.807) is 19.1 Å². The van der Waals surface area contributed by atoms with E-state index < -0.39 is 6.10 Å². The van der Waals surface area contributed by atoms with Crippen LogP contribution in [-0.2, 0) is 4.74 Å². The van der Waals surface area contributed by atoms with Gasteiger partial charge in [0.1, 0.15) is 5.82 Å². The lowest BCUT2D eigenvalue weighted by molar-refractivity contribution is 0.193. The van der Waals surface area contributed by atoms with Crippen LogP contribution in [0.1, 0.15) is 25.0 Å². The van der Waals surface area contributed by atoms with Gasteiger partial charge in [-0.3, -0.25) is 0 Å². The standard InChI is InChI=1S/C13H18FNO2/c1-9(16)10-3-4-13(12(14)7-10)15(2)11-5-6-17-8-11/h3-4,7,9,11,16H,5-6,8H2,1-2H3/t9-,11?/m1/s1. The highest BCUT2D eigenvalue weighted by Gasteiger charge is 2.22. The molecule has 1 fully saturated rings. The summed E-state index contributed by atoms with van der Waals surface area (Å²) in [6.07, 6.45) is 0.285. The Kier molecular flexibility index (Phi) is 3.64. The van der Waals surface area contributed by atoms with Crippen molar-refractivity contribution in [2.45, 2.75) is 25.5 Å². The summed E-state index contributed by atoms with van der Waals surface area (Å²) in [6, 6.07) is 5.11. The van der Waals surface area contributed by atoms with Gasteiger partial charge in [-0.1, -0.05) is 6.07 Å². The molecular formula is C13H18FNO2. The summed E-state index contributed by atoms with van der Waals surface area (Å²) < 4.78 is 19.2. The maximum absolute atomic E-state index is 13.9. The van der Waals surface area contributed by atoms with Crippen LogP contribution in [0, 0.1) is 5.82 Å². The zero-order chi connectivity index (χ0) is 12.4. The summed E-state index contributed by atoms with van der Waals surface area (Å²) >= 11 is 0. The van der Waals surface area contributed by atoms with Gasteiger partial charge in [0.2, 0.25) is 0 Å². The normalized spacial score (nSPS) is 21.5. The average molecular weight is 239 g/mol. The molecule has 1 aliphatic rings. The van der Waals surface area contributed by atoms with E-state index in [1.807, 2.05) is 11.9 Å². The molecule has 0 radical (unpaired) electrons. The molecule has 0 bridgehead atoms. The Labute approximate surface area is 101 Å². The average Bonchev–Trinajstić information content (AvgIpc) is 2.81. The quantitative estimate of drug-likeness (QED) is 0.876. The Morgan fingerprint density at radius 3 is 2.82 bits per heavy atom. The van der Waals surface area contributed by atoms with E-state index in [-0.39, 0.29) is 11.9 Å². The Bertz CT molecular complexity index is 389. The highest BCUT2D eigenvalue weighted by molar-refractivity contribution is 5.49. The number of benzene rings is 1. The summed E-state index contributed by atoms with van der Waals surface area (Å²) in [5.74, 6) is -0.294. The number of aliphatic hydroxyl groups excluding tert-OH is 1. The van der Waals surface area contributed by atoms with Crippen LogP contribution in [0.15, 0.2) is 18.2 Å². The van der Waals surface area contributed by atoms with Crippen LogP contribution in [0.4, 0.5) is 10.1 Å². The number of hydrogen-bond acceptors (Lipinski definition) is 3. The van der Waals surface area contributed by atoms with E-state index >= 15 is 0 Å². The van der Waals surface area contributed by atoms with Crippen molar-refractivity contribution < 1.29 is 14.2 Å². The third kappa shape index (κ3) is 2.58. The second-order valence-corrected chi connectivity index (χ2v) is 4.52. The number of hydrogen-bond donors (Lipinski definition) is 1. The van der Waals surface area contributed by atoms with Crippen molar-refractivity contribution in [1.82, 2.24) is 0 Å². The molecule has 94 valence electrons. The molecule has 0 aromatic heterocycles. The minimum Gasteiger partial charge on any atom is -0.389 e. The molecule has 0 saturated carbocycles. The van der Waals surface area contributed by atoms with Crippen LogP contribution in [0.25, 0.3) is 0 Å². The summed E-state index contributed by atoms with van der Waals surface area (Å²) in [6.45, 7) is 3.01. The van der Waals surface area contributed by atoms with E-state index in [9.17, 15) is 9.50 Å². The summed E-state index contributed by atoms with van der Waals surface area (Å²) in [4.78, 5) is 1.91. The molecule has 2 rings (SSSR count). The zero-order valence-electron chi connectivity index (χ0n) is 10.2. The van der Waals surface area contributed by atoms with Crippen molar-refractivity contribution in [3.8, 4) is 0 Å². The van der Waals surface area contributed by atoms with Gasteiger partial charge in [0.25, 0.3) is 0 Å². The molecule has 0 spiro atoms. The van der Waals surface area contributed by atoms with Crippen LogP contribution in [0.3, 0.4) is 0 Å². The second kappa shape index (κ2) is 5.02. The first-order chi connectivity index (χ1) is 8.09. The van der Waals surface area contributed by atoms with Crippen LogP contribution >= 0.6 is 0 Å². The molecule has 3 nitrogen and oxygen atoms in total. The lowest BCUT2D eigenvalue weighted by atomic mass is 10.1. The molecule has 1 aromatic carbocycles. The Balaban J connectivity index is 2.20. The molecule has 0 amide bonds. The molecular weight excluding hydrogens is 221 g/mol. The van der Waals surface area contributed by atoms with Gasteiger partial charge in [0.05, 0.1) is 24.4 Å². The first-order valence-electron chi connectivity index (χ1n) is 5.87. The van der Waals surface area contributed by atoms with Crippen molar-refractivity contribution in [3.63, 3.8) is 0 Å². The number of halogens is 1. The SMILES string of the molecule is C[C@@H](O)c1ccc(N(C)C2CCOC2)c(F)c1. The number of rotatable bonds is 3. The third-order valence-electron chi connectivity index (χ3n) is 3.29. The first kappa shape index (κ1) is 12.3. The number of nitrogens with zero attached hydrogens (tertiary/aromatic N) is 1. The molecule has 1 unspecified atom stereocenters. The molecule has 4 heteroatoms. The molecule has 2 atom stereocenters. The van der Waals surface area contributed by atoms with Gasteiger partial charge in [-0.2, -0.15) is 0 Å². The third-order valence-corrected chi connectivity index (χ3v) is 3.29. The first-order valence-corrected chi connectivity index (χ1v) is 5.87. The highest BCUT2D eigenvalue weighted by atomic mass is 19.1. The zero-order valence-corrected chi connectivity index (χ0v) is 10.2. The van der Waals surface area contributed by atoms with Crippen LogP contribution in [0.2, 0.25) is 0 Å². The van der Waals surface area contributed by atoms with E-state index in [4.69, 9.17) is 4.74 Å². The maximum atomic E-state index is 13.9. The van der Waals surface area contributed by atoms with Crippen molar-refractivity contribution in [2.24, 2.45) is 0 Å². The molecule has 1 heterocycles. The van der Waals surface area contributed by atoms with Gasteiger partial charge in [-0.05, 0) is 31.0 Å². The van der Waals surface area contributed by atoms with E-state index in [2.05, 4.69) is 0 Å². The van der Waals surface area contributed by atoms with Crippen LogP contribution in [0.5, 0.6) is 0 Å². The molecule has 0 aliphatic carbocycles. The van der Waals surface area contributed by atoms with Gasteiger partial charge in [0.15, 0.2) is 0 Å². The number of anilines is 1. The van der Waals surface area contributed by atoms with E-state index in [1.165, 1.54) is 6.07 Å². The molecule has 1 N–H and O–H groups in total. The van der Waals surface area contributed by atoms with Crippen molar-refractivity contribution in [1.29, 1.82) is 0 Å². The number of ether oxygens (including phenoxy) is 1. The lowest BCUT2D eigenvalue weighted by Crippen LogP contribution is -2.32. The van der Waals surface area contributed by atoms with Crippen molar-refractivity contribution >= 4 is 5.69 Å². The van der Waals surface area contributed by atoms with Gasteiger partial charge in [0, 0.05) is 13.7 Å². The molecule has 1 aliphatic heterocycles. The van der Waals surface area contributed by atoms with E-state index in [0.29, 0.717) is 17.9 Å². The number of aliphatic hydroxyl groups is 1. The van der Waals surface area contributed by atoms with Crippen LogP contribution < -0.4 is 4.90 Å². The van der Waals surface area contributed by atoms with E-state index in [0.717, 1.165) is 13.0 Å². The fraction of sp³-hybridized carbons (Fsp3) is 0.538. The Morgan fingerprint density at radius 1 is 1.53 bits per heavy atom. The Morgan fingerprint density at radius 2 is 2.29 bits per heavy atom. The highest BCUT2D eigenvalue weighted by Crippen LogP contribution is 2.26. The number of likely N-dealkylation sites (N-methyl/N-ethyl adjacent to an activating group) is 1. The Hall–Kier alpha value is -1.13.